The van der Waals surface area contributed by atoms with Gasteiger partial charge in [-0.1, -0.05) is 6.92 Å². The molecule has 0 aliphatic carbocycles. The monoisotopic (exact) mass is 216 g/mol. The van der Waals surface area contributed by atoms with Crippen molar-refractivity contribution in [3.8, 4) is 0 Å². The molecular weight excluding hydrogens is 204 g/mol. The van der Waals surface area contributed by atoms with E-state index in [4.69, 9.17) is 11.6 Å². The average Bonchev–Trinajstić information content (AvgIpc) is 2.71. The standard InChI is InChI=1S/C9H13ClN2S/c1-7-4-13-5-9(7)12-3-8(2-10)11-6-12/h3,6-7,9H,2,4-5H2,1H3. The third-order valence-electron chi connectivity index (χ3n) is 2.50. The second kappa shape index (κ2) is 3.93. The van der Waals surface area contributed by atoms with Crippen LogP contribution in [0.25, 0.3) is 0 Å². The van der Waals surface area contributed by atoms with Crippen molar-refractivity contribution in [2.24, 2.45) is 5.92 Å². The summed E-state index contributed by atoms with van der Waals surface area (Å²) < 4.78 is 2.21. The van der Waals surface area contributed by atoms with E-state index in [1.807, 2.05) is 18.1 Å². The van der Waals surface area contributed by atoms with Gasteiger partial charge in [0.2, 0.25) is 0 Å². The molecule has 72 valence electrons. The largest absolute Gasteiger partial charge is 0.333 e. The lowest BCUT2D eigenvalue weighted by molar-refractivity contribution is 0.438. The Balaban J connectivity index is 2.15. The lowest BCUT2D eigenvalue weighted by Crippen LogP contribution is -2.13. The molecule has 0 amide bonds. The molecule has 1 aromatic rings. The van der Waals surface area contributed by atoms with Gasteiger partial charge in [0.05, 0.1) is 17.9 Å². The zero-order valence-electron chi connectivity index (χ0n) is 7.61. The van der Waals surface area contributed by atoms with Crippen molar-refractivity contribution in [2.45, 2.75) is 18.8 Å². The van der Waals surface area contributed by atoms with Gasteiger partial charge in [-0.05, 0) is 11.7 Å². The molecule has 2 rings (SSSR count). The summed E-state index contributed by atoms with van der Waals surface area (Å²) in [6.07, 6.45) is 3.98. The third-order valence-corrected chi connectivity index (χ3v) is 4.11. The maximum Gasteiger partial charge on any atom is 0.0952 e. The highest BCUT2D eigenvalue weighted by Gasteiger charge is 2.25. The highest BCUT2D eigenvalue weighted by molar-refractivity contribution is 7.99. The second-order valence-corrected chi connectivity index (χ2v) is 4.87. The van der Waals surface area contributed by atoms with Crippen molar-refractivity contribution in [2.75, 3.05) is 11.5 Å². The van der Waals surface area contributed by atoms with Crippen molar-refractivity contribution in [1.29, 1.82) is 0 Å². The number of nitrogens with zero attached hydrogens (tertiary/aromatic N) is 2. The smallest absolute Gasteiger partial charge is 0.0952 e. The zero-order chi connectivity index (χ0) is 9.26. The Hall–Kier alpha value is -0.150. The lowest BCUT2D eigenvalue weighted by Gasteiger charge is -2.15. The van der Waals surface area contributed by atoms with Crippen LogP contribution in [-0.4, -0.2) is 21.1 Å². The molecule has 2 unspecified atom stereocenters. The van der Waals surface area contributed by atoms with Crippen LogP contribution in [0, 0.1) is 5.92 Å². The maximum atomic E-state index is 5.70. The molecule has 0 N–H and O–H groups in total. The molecule has 1 fully saturated rings. The Labute approximate surface area is 87.7 Å². The summed E-state index contributed by atoms with van der Waals surface area (Å²) in [6.45, 7) is 2.30. The maximum absolute atomic E-state index is 5.70. The molecule has 0 spiro atoms. The average molecular weight is 217 g/mol. The molecule has 4 heteroatoms. The lowest BCUT2D eigenvalue weighted by atomic mass is 10.1. The second-order valence-electron chi connectivity index (χ2n) is 3.53. The van der Waals surface area contributed by atoms with E-state index in [0.717, 1.165) is 11.6 Å². The van der Waals surface area contributed by atoms with Gasteiger partial charge in [0.15, 0.2) is 0 Å². The molecule has 2 nitrogen and oxygen atoms in total. The van der Waals surface area contributed by atoms with E-state index in [9.17, 15) is 0 Å². The molecule has 1 aliphatic heterocycles. The van der Waals surface area contributed by atoms with Crippen molar-refractivity contribution in [3.63, 3.8) is 0 Å². The number of aromatic nitrogens is 2. The Morgan fingerprint density at radius 2 is 2.54 bits per heavy atom. The van der Waals surface area contributed by atoms with E-state index in [0.29, 0.717) is 11.9 Å². The van der Waals surface area contributed by atoms with Gasteiger partial charge < -0.3 is 4.57 Å². The summed E-state index contributed by atoms with van der Waals surface area (Å²) in [5.74, 6) is 3.74. The number of imidazole rings is 1. The van der Waals surface area contributed by atoms with E-state index in [2.05, 4.69) is 22.7 Å². The minimum Gasteiger partial charge on any atom is -0.333 e. The molecule has 2 atom stereocenters. The van der Waals surface area contributed by atoms with Crippen LogP contribution in [-0.2, 0) is 5.88 Å². The van der Waals surface area contributed by atoms with Gasteiger partial charge in [-0.15, -0.1) is 11.6 Å². The van der Waals surface area contributed by atoms with E-state index >= 15 is 0 Å². The Bertz CT molecular complexity index is 287. The van der Waals surface area contributed by atoms with Crippen molar-refractivity contribution < 1.29 is 0 Å². The molecule has 0 saturated carbocycles. The number of hydrogen-bond acceptors (Lipinski definition) is 2. The topological polar surface area (TPSA) is 17.8 Å². The van der Waals surface area contributed by atoms with Crippen LogP contribution in [0.1, 0.15) is 18.7 Å². The first-order valence-electron chi connectivity index (χ1n) is 4.47. The molecule has 1 aliphatic rings. The summed E-state index contributed by atoms with van der Waals surface area (Å²) in [4.78, 5) is 4.24. The third kappa shape index (κ3) is 1.86. The fourth-order valence-corrected chi connectivity index (χ4v) is 3.27. The normalized spacial score (nSPS) is 28.2. The molecule has 0 radical (unpaired) electrons. The van der Waals surface area contributed by atoms with Gasteiger partial charge in [0, 0.05) is 18.0 Å². The molecular formula is C9H13ClN2S. The number of thioether (sulfide) groups is 1. The molecule has 2 heterocycles. The van der Waals surface area contributed by atoms with Gasteiger partial charge in [0.1, 0.15) is 0 Å². The summed E-state index contributed by atoms with van der Waals surface area (Å²) in [6, 6.07) is 0.620. The van der Waals surface area contributed by atoms with E-state index in [1.54, 1.807) is 0 Å². The van der Waals surface area contributed by atoms with Crippen LogP contribution < -0.4 is 0 Å². The first-order chi connectivity index (χ1) is 6.31. The summed E-state index contributed by atoms with van der Waals surface area (Å²) in [5, 5.41) is 0. The van der Waals surface area contributed by atoms with Gasteiger partial charge in [-0.2, -0.15) is 11.8 Å². The molecule has 1 aromatic heterocycles. The van der Waals surface area contributed by atoms with Crippen LogP contribution in [0.2, 0.25) is 0 Å². The van der Waals surface area contributed by atoms with E-state index in [-0.39, 0.29) is 0 Å². The van der Waals surface area contributed by atoms with Crippen molar-refractivity contribution in [1.82, 2.24) is 9.55 Å². The fourth-order valence-electron chi connectivity index (χ4n) is 1.66. The number of hydrogen-bond donors (Lipinski definition) is 0. The van der Waals surface area contributed by atoms with Crippen molar-refractivity contribution >= 4 is 23.4 Å². The van der Waals surface area contributed by atoms with Gasteiger partial charge >= 0.3 is 0 Å². The Kier molecular flexibility index (Phi) is 2.84. The highest BCUT2D eigenvalue weighted by atomic mass is 35.5. The molecule has 1 saturated heterocycles. The van der Waals surface area contributed by atoms with Gasteiger partial charge in [0.25, 0.3) is 0 Å². The fraction of sp³-hybridized carbons (Fsp3) is 0.667. The first-order valence-corrected chi connectivity index (χ1v) is 6.16. The first kappa shape index (κ1) is 9.41. The molecule has 0 bridgehead atoms. The van der Waals surface area contributed by atoms with E-state index in [1.165, 1.54) is 11.5 Å². The minimum absolute atomic E-state index is 0.515. The van der Waals surface area contributed by atoms with Crippen LogP contribution in [0.3, 0.4) is 0 Å². The number of rotatable bonds is 2. The quantitative estimate of drug-likeness (QED) is 0.708. The molecule has 0 aromatic carbocycles. The van der Waals surface area contributed by atoms with Crippen LogP contribution in [0.4, 0.5) is 0 Å². The summed E-state index contributed by atoms with van der Waals surface area (Å²) >= 11 is 7.72. The zero-order valence-corrected chi connectivity index (χ0v) is 9.18. The minimum atomic E-state index is 0.515. The summed E-state index contributed by atoms with van der Waals surface area (Å²) in [7, 11) is 0. The Morgan fingerprint density at radius 1 is 1.69 bits per heavy atom. The van der Waals surface area contributed by atoms with Gasteiger partial charge in [-0.25, -0.2) is 4.98 Å². The predicted octanol–water partition coefficient (Wildman–Crippen LogP) is 2.55. The summed E-state index contributed by atoms with van der Waals surface area (Å²) in [5.41, 5.74) is 0.978. The highest BCUT2D eigenvalue weighted by Crippen LogP contribution is 2.33. The van der Waals surface area contributed by atoms with Crippen LogP contribution in [0.5, 0.6) is 0 Å². The number of alkyl halides is 1. The SMILES string of the molecule is CC1CSCC1n1cnc(CCl)c1. The predicted molar refractivity (Wildman–Crippen MR) is 57.3 cm³/mol. The Morgan fingerprint density at radius 3 is 3.08 bits per heavy atom. The van der Waals surface area contributed by atoms with Crippen molar-refractivity contribution in [3.05, 3.63) is 18.2 Å². The van der Waals surface area contributed by atoms with Crippen LogP contribution >= 0.6 is 23.4 Å². The van der Waals surface area contributed by atoms with Gasteiger partial charge in [-0.3, -0.25) is 0 Å². The number of halogens is 1. The van der Waals surface area contributed by atoms with E-state index < -0.39 is 0 Å². The van der Waals surface area contributed by atoms with Crippen LogP contribution in [0.15, 0.2) is 12.5 Å². The molecule has 13 heavy (non-hydrogen) atoms.